The minimum Gasteiger partial charge on any atom is -0.310 e. The number of nitrogens with zero attached hydrogens (tertiary/aromatic N) is 1. The second-order valence-corrected chi connectivity index (χ2v) is 7.75. The molecule has 2 atom stereocenters. The van der Waals surface area contributed by atoms with Gasteiger partial charge in [-0.05, 0) is 31.0 Å². The van der Waals surface area contributed by atoms with E-state index in [1.165, 1.54) is 24.4 Å². The summed E-state index contributed by atoms with van der Waals surface area (Å²) < 4.78 is 0. The molecule has 0 radical (unpaired) electrons. The molecule has 1 aromatic carbocycles. The SMILES string of the molecule is CCCNC(CCN1CCSC(C)C1)c1ccccc1Cl. The van der Waals surface area contributed by atoms with Gasteiger partial charge in [0.15, 0.2) is 0 Å². The van der Waals surface area contributed by atoms with Crippen LogP contribution < -0.4 is 5.32 Å². The van der Waals surface area contributed by atoms with E-state index in [-0.39, 0.29) is 0 Å². The molecule has 118 valence electrons. The molecule has 1 aliphatic heterocycles. The number of rotatable bonds is 7. The topological polar surface area (TPSA) is 15.3 Å². The van der Waals surface area contributed by atoms with Crippen LogP contribution in [-0.2, 0) is 0 Å². The summed E-state index contributed by atoms with van der Waals surface area (Å²) in [7, 11) is 0. The number of nitrogens with one attached hydrogen (secondary N) is 1. The van der Waals surface area contributed by atoms with Crippen LogP contribution in [0.4, 0.5) is 0 Å². The van der Waals surface area contributed by atoms with Crippen molar-refractivity contribution >= 4 is 23.4 Å². The molecule has 0 aromatic heterocycles. The van der Waals surface area contributed by atoms with Crippen molar-refractivity contribution in [3.05, 3.63) is 34.9 Å². The zero-order chi connectivity index (χ0) is 15.1. The fraction of sp³-hybridized carbons (Fsp3) is 0.647. The number of hydrogen-bond donors (Lipinski definition) is 1. The Labute approximate surface area is 138 Å². The summed E-state index contributed by atoms with van der Waals surface area (Å²) in [6, 6.07) is 8.61. The molecule has 0 saturated carbocycles. The molecule has 1 aromatic rings. The van der Waals surface area contributed by atoms with Crippen LogP contribution in [-0.4, -0.2) is 42.1 Å². The molecule has 2 unspecified atom stereocenters. The molecule has 4 heteroatoms. The Morgan fingerprint density at radius 2 is 2.24 bits per heavy atom. The third-order valence-electron chi connectivity index (χ3n) is 3.98. The van der Waals surface area contributed by atoms with Crippen molar-refractivity contribution in [2.75, 3.05) is 31.9 Å². The van der Waals surface area contributed by atoms with Crippen molar-refractivity contribution in [2.24, 2.45) is 0 Å². The van der Waals surface area contributed by atoms with Crippen LogP contribution in [0.3, 0.4) is 0 Å². The van der Waals surface area contributed by atoms with Crippen molar-refractivity contribution in [3.63, 3.8) is 0 Å². The van der Waals surface area contributed by atoms with Gasteiger partial charge in [0.25, 0.3) is 0 Å². The minimum atomic E-state index is 0.364. The second kappa shape index (κ2) is 9.04. The average molecular weight is 327 g/mol. The molecule has 1 N–H and O–H groups in total. The van der Waals surface area contributed by atoms with E-state index in [0.717, 1.165) is 36.2 Å². The van der Waals surface area contributed by atoms with Gasteiger partial charge in [-0.3, -0.25) is 0 Å². The Balaban J connectivity index is 1.94. The van der Waals surface area contributed by atoms with Crippen LogP contribution in [0.25, 0.3) is 0 Å². The van der Waals surface area contributed by atoms with Gasteiger partial charge >= 0.3 is 0 Å². The summed E-state index contributed by atoms with van der Waals surface area (Å²) in [4.78, 5) is 2.60. The van der Waals surface area contributed by atoms with E-state index in [1.807, 2.05) is 12.1 Å². The quantitative estimate of drug-likeness (QED) is 0.808. The lowest BCUT2D eigenvalue weighted by Gasteiger charge is -2.32. The van der Waals surface area contributed by atoms with Crippen LogP contribution in [0.2, 0.25) is 5.02 Å². The molecular weight excluding hydrogens is 300 g/mol. The fourth-order valence-corrected chi connectivity index (χ4v) is 4.20. The van der Waals surface area contributed by atoms with Crippen molar-refractivity contribution in [2.45, 2.75) is 38.0 Å². The molecule has 21 heavy (non-hydrogen) atoms. The second-order valence-electron chi connectivity index (χ2n) is 5.80. The van der Waals surface area contributed by atoms with E-state index in [4.69, 9.17) is 11.6 Å². The molecule has 0 bridgehead atoms. The molecule has 1 aliphatic rings. The molecule has 1 saturated heterocycles. The maximum absolute atomic E-state index is 6.39. The lowest BCUT2D eigenvalue weighted by atomic mass is 10.0. The molecular formula is C17H27ClN2S. The summed E-state index contributed by atoms with van der Waals surface area (Å²) in [6.45, 7) is 9.17. The highest BCUT2D eigenvalue weighted by Gasteiger charge is 2.19. The van der Waals surface area contributed by atoms with Gasteiger partial charge in [0.05, 0.1) is 0 Å². The molecule has 0 spiro atoms. The number of halogens is 1. The smallest absolute Gasteiger partial charge is 0.0453 e. The summed E-state index contributed by atoms with van der Waals surface area (Å²) in [5, 5.41) is 5.31. The van der Waals surface area contributed by atoms with Crippen molar-refractivity contribution < 1.29 is 0 Å². The molecule has 1 fully saturated rings. The van der Waals surface area contributed by atoms with Gasteiger partial charge in [-0.25, -0.2) is 0 Å². The maximum atomic E-state index is 6.39. The van der Waals surface area contributed by atoms with E-state index in [2.05, 4.69) is 48.0 Å². The monoisotopic (exact) mass is 326 g/mol. The zero-order valence-electron chi connectivity index (χ0n) is 13.1. The normalized spacial score (nSPS) is 21.4. The lowest BCUT2D eigenvalue weighted by Crippen LogP contribution is -2.38. The third kappa shape index (κ3) is 5.48. The average Bonchev–Trinajstić information content (AvgIpc) is 2.48. The fourth-order valence-electron chi connectivity index (χ4n) is 2.85. The minimum absolute atomic E-state index is 0.364. The van der Waals surface area contributed by atoms with Gasteiger partial charge in [-0.2, -0.15) is 11.8 Å². The largest absolute Gasteiger partial charge is 0.310 e. The first-order chi connectivity index (χ1) is 10.2. The van der Waals surface area contributed by atoms with Gasteiger partial charge in [0.1, 0.15) is 0 Å². The van der Waals surface area contributed by atoms with E-state index in [9.17, 15) is 0 Å². The number of thioether (sulfide) groups is 1. The standard InChI is InChI=1S/C17H27ClN2S/c1-3-9-19-17(15-6-4-5-7-16(15)18)8-10-20-11-12-21-14(2)13-20/h4-7,14,17,19H,3,8-13H2,1-2H3. The lowest BCUT2D eigenvalue weighted by molar-refractivity contribution is 0.267. The Morgan fingerprint density at radius 1 is 1.43 bits per heavy atom. The van der Waals surface area contributed by atoms with E-state index in [0.29, 0.717) is 6.04 Å². The highest BCUT2D eigenvalue weighted by molar-refractivity contribution is 7.99. The predicted octanol–water partition coefficient (Wildman–Crippen LogP) is 4.21. The van der Waals surface area contributed by atoms with Crippen LogP contribution in [0.15, 0.2) is 24.3 Å². The van der Waals surface area contributed by atoms with E-state index >= 15 is 0 Å². The van der Waals surface area contributed by atoms with Crippen LogP contribution in [0.5, 0.6) is 0 Å². The van der Waals surface area contributed by atoms with Gasteiger partial charge in [0.2, 0.25) is 0 Å². The van der Waals surface area contributed by atoms with Crippen LogP contribution >= 0.6 is 23.4 Å². The molecule has 2 nitrogen and oxygen atoms in total. The Bertz CT molecular complexity index is 427. The first-order valence-electron chi connectivity index (χ1n) is 8.02. The Morgan fingerprint density at radius 3 is 2.95 bits per heavy atom. The van der Waals surface area contributed by atoms with Crippen molar-refractivity contribution in [1.29, 1.82) is 0 Å². The summed E-state index contributed by atoms with van der Waals surface area (Å²) in [6.07, 6.45) is 2.28. The predicted molar refractivity (Wildman–Crippen MR) is 95.5 cm³/mol. The molecule has 0 aliphatic carbocycles. The van der Waals surface area contributed by atoms with E-state index < -0.39 is 0 Å². The summed E-state index contributed by atoms with van der Waals surface area (Å²) in [5.41, 5.74) is 1.24. The summed E-state index contributed by atoms with van der Waals surface area (Å²) >= 11 is 8.48. The van der Waals surface area contributed by atoms with Gasteiger partial charge in [0, 0.05) is 41.7 Å². The molecule has 2 rings (SSSR count). The first kappa shape index (κ1) is 17.1. The molecule has 0 amide bonds. The van der Waals surface area contributed by atoms with Crippen molar-refractivity contribution in [3.8, 4) is 0 Å². The van der Waals surface area contributed by atoms with Crippen LogP contribution in [0.1, 0.15) is 38.3 Å². The highest BCUT2D eigenvalue weighted by atomic mass is 35.5. The Hall–Kier alpha value is -0.220. The highest BCUT2D eigenvalue weighted by Crippen LogP contribution is 2.26. The number of benzene rings is 1. The van der Waals surface area contributed by atoms with E-state index in [1.54, 1.807) is 0 Å². The third-order valence-corrected chi connectivity index (χ3v) is 5.46. The van der Waals surface area contributed by atoms with Crippen LogP contribution in [0, 0.1) is 0 Å². The maximum Gasteiger partial charge on any atom is 0.0453 e. The number of hydrogen-bond acceptors (Lipinski definition) is 3. The van der Waals surface area contributed by atoms with Gasteiger partial charge in [-0.15, -0.1) is 0 Å². The Kier molecular flexibility index (Phi) is 7.38. The first-order valence-corrected chi connectivity index (χ1v) is 9.45. The summed E-state index contributed by atoms with van der Waals surface area (Å²) in [5.74, 6) is 1.26. The molecule has 1 heterocycles. The van der Waals surface area contributed by atoms with Crippen molar-refractivity contribution in [1.82, 2.24) is 10.2 Å². The van der Waals surface area contributed by atoms with Gasteiger partial charge in [-0.1, -0.05) is 43.6 Å². The van der Waals surface area contributed by atoms with Gasteiger partial charge < -0.3 is 10.2 Å². The zero-order valence-corrected chi connectivity index (χ0v) is 14.7.